The Morgan fingerprint density at radius 2 is 1.52 bits per heavy atom. The Bertz CT molecular complexity index is 897. The van der Waals surface area contributed by atoms with Crippen LogP contribution in [-0.2, 0) is 0 Å². The van der Waals surface area contributed by atoms with Gasteiger partial charge in [0.15, 0.2) is 16.9 Å². The maximum Gasteiger partial charge on any atom is 0.197 e. The molecule has 0 radical (unpaired) electrons. The average molecular weight is 311 g/mol. The van der Waals surface area contributed by atoms with Crippen molar-refractivity contribution in [3.8, 4) is 28.4 Å². The van der Waals surface area contributed by atoms with Gasteiger partial charge in [0, 0.05) is 17.8 Å². The second kappa shape index (κ2) is 6.04. The minimum atomic E-state index is -0.0649. The second-order valence-electron chi connectivity index (χ2n) is 5.01. The summed E-state index contributed by atoms with van der Waals surface area (Å²) >= 11 is 0. The number of nitrogens with one attached hydrogen (secondary N) is 1. The van der Waals surface area contributed by atoms with Crippen LogP contribution in [0.4, 0.5) is 0 Å². The highest BCUT2D eigenvalue weighted by molar-refractivity contribution is 5.86. The fourth-order valence-electron chi connectivity index (χ4n) is 2.53. The Balaban J connectivity index is 2.19. The Morgan fingerprint density at radius 3 is 2.13 bits per heavy atom. The third-order valence-electron chi connectivity index (χ3n) is 3.79. The third kappa shape index (κ3) is 2.61. The lowest BCUT2D eigenvalue weighted by Crippen LogP contribution is -2.07. The van der Waals surface area contributed by atoms with E-state index in [2.05, 4.69) is 4.98 Å². The number of methoxy groups -OCH3 is 3. The Hall–Kier alpha value is -2.95. The molecule has 5 heteroatoms. The van der Waals surface area contributed by atoms with Crippen molar-refractivity contribution in [2.24, 2.45) is 0 Å². The van der Waals surface area contributed by atoms with Crippen molar-refractivity contribution >= 4 is 10.9 Å². The van der Waals surface area contributed by atoms with Gasteiger partial charge in [0.1, 0.15) is 5.75 Å². The molecule has 0 atom stereocenters. The van der Waals surface area contributed by atoms with Gasteiger partial charge in [-0.15, -0.1) is 0 Å². The number of H-pyrrole nitrogens is 1. The summed E-state index contributed by atoms with van der Waals surface area (Å²) in [7, 11) is 4.72. The highest BCUT2D eigenvalue weighted by Gasteiger charge is 2.12. The molecule has 0 unspecified atom stereocenters. The number of benzene rings is 2. The first-order valence-corrected chi connectivity index (χ1v) is 7.09. The number of pyridine rings is 1. The lowest BCUT2D eigenvalue weighted by Gasteiger charge is -2.10. The van der Waals surface area contributed by atoms with Crippen LogP contribution in [0.3, 0.4) is 0 Å². The van der Waals surface area contributed by atoms with Crippen LogP contribution in [-0.4, -0.2) is 26.3 Å². The molecule has 0 bridgehead atoms. The van der Waals surface area contributed by atoms with E-state index < -0.39 is 0 Å². The first-order valence-electron chi connectivity index (χ1n) is 7.09. The van der Waals surface area contributed by atoms with Gasteiger partial charge in [-0.1, -0.05) is 12.1 Å². The molecular formula is C18H17NO4. The summed E-state index contributed by atoms with van der Waals surface area (Å²) in [5, 5.41) is 0.552. The summed E-state index contributed by atoms with van der Waals surface area (Å²) in [6, 6.07) is 10.8. The monoisotopic (exact) mass is 311 g/mol. The average Bonchev–Trinajstić information content (AvgIpc) is 2.61. The fourth-order valence-corrected chi connectivity index (χ4v) is 2.53. The van der Waals surface area contributed by atoms with Crippen LogP contribution in [0.15, 0.2) is 47.4 Å². The summed E-state index contributed by atoms with van der Waals surface area (Å²) in [4.78, 5) is 16.0. The number of hydrogen-bond acceptors (Lipinski definition) is 4. The van der Waals surface area contributed by atoms with Crippen molar-refractivity contribution in [2.75, 3.05) is 21.3 Å². The lowest BCUT2D eigenvalue weighted by molar-refractivity contribution is 0.356. The standard InChI is InChI=1S/C18H17NO4/c1-21-12-6-4-11(5-7-12)14-10-19-15-9-17(23-3)16(22-2)8-13(15)18(14)20/h4-10H,1-3H3,(H,19,20). The number of hydrogen-bond donors (Lipinski definition) is 1. The molecule has 23 heavy (non-hydrogen) atoms. The molecule has 1 heterocycles. The molecule has 2 aromatic carbocycles. The van der Waals surface area contributed by atoms with Gasteiger partial charge >= 0.3 is 0 Å². The Kier molecular flexibility index (Phi) is 3.93. The first kappa shape index (κ1) is 15.0. The summed E-state index contributed by atoms with van der Waals surface area (Å²) in [6.45, 7) is 0. The molecule has 0 saturated heterocycles. The zero-order valence-corrected chi connectivity index (χ0v) is 13.2. The highest BCUT2D eigenvalue weighted by atomic mass is 16.5. The van der Waals surface area contributed by atoms with Gasteiger partial charge in [0.25, 0.3) is 0 Å². The maximum absolute atomic E-state index is 12.8. The Morgan fingerprint density at radius 1 is 0.870 bits per heavy atom. The van der Waals surface area contributed by atoms with Gasteiger partial charge in [-0.2, -0.15) is 0 Å². The van der Waals surface area contributed by atoms with Crippen LogP contribution in [0.2, 0.25) is 0 Å². The van der Waals surface area contributed by atoms with E-state index >= 15 is 0 Å². The zero-order valence-electron chi connectivity index (χ0n) is 13.2. The Labute approximate surface area is 133 Å². The summed E-state index contributed by atoms with van der Waals surface area (Å²) < 4.78 is 15.7. The van der Waals surface area contributed by atoms with Gasteiger partial charge < -0.3 is 19.2 Å². The minimum Gasteiger partial charge on any atom is -0.497 e. The quantitative estimate of drug-likeness (QED) is 0.803. The van der Waals surface area contributed by atoms with E-state index in [9.17, 15) is 4.79 Å². The second-order valence-corrected chi connectivity index (χ2v) is 5.01. The normalized spacial score (nSPS) is 10.6. The van der Waals surface area contributed by atoms with E-state index in [-0.39, 0.29) is 5.43 Å². The van der Waals surface area contributed by atoms with E-state index in [1.807, 2.05) is 24.3 Å². The minimum absolute atomic E-state index is 0.0649. The molecule has 118 valence electrons. The predicted octanol–water partition coefficient (Wildman–Crippen LogP) is 3.22. The van der Waals surface area contributed by atoms with Crippen molar-refractivity contribution in [1.82, 2.24) is 4.98 Å². The molecule has 0 amide bonds. The highest BCUT2D eigenvalue weighted by Crippen LogP contribution is 2.31. The molecule has 0 saturated carbocycles. The molecule has 0 aliphatic carbocycles. The maximum atomic E-state index is 12.8. The van der Waals surface area contributed by atoms with Gasteiger partial charge in [-0.25, -0.2) is 0 Å². The molecule has 5 nitrogen and oxygen atoms in total. The van der Waals surface area contributed by atoms with Crippen LogP contribution >= 0.6 is 0 Å². The molecule has 0 fully saturated rings. The molecule has 3 rings (SSSR count). The zero-order chi connectivity index (χ0) is 16.4. The van der Waals surface area contributed by atoms with Crippen molar-refractivity contribution < 1.29 is 14.2 Å². The van der Waals surface area contributed by atoms with Gasteiger partial charge in [-0.3, -0.25) is 4.79 Å². The predicted molar refractivity (Wildman–Crippen MR) is 89.7 cm³/mol. The van der Waals surface area contributed by atoms with E-state index in [0.717, 1.165) is 11.3 Å². The largest absolute Gasteiger partial charge is 0.497 e. The van der Waals surface area contributed by atoms with E-state index in [0.29, 0.717) is 28.0 Å². The molecule has 0 spiro atoms. The van der Waals surface area contributed by atoms with Crippen molar-refractivity contribution in [2.45, 2.75) is 0 Å². The van der Waals surface area contributed by atoms with Gasteiger partial charge in [-0.05, 0) is 23.8 Å². The topological polar surface area (TPSA) is 60.6 Å². The summed E-state index contributed by atoms with van der Waals surface area (Å²) in [6.07, 6.45) is 1.71. The molecule has 3 aromatic rings. The number of aromatic nitrogens is 1. The molecular weight excluding hydrogens is 294 g/mol. The number of fused-ring (bicyclic) bond motifs is 1. The molecule has 0 aliphatic rings. The third-order valence-corrected chi connectivity index (χ3v) is 3.79. The lowest BCUT2D eigenvalue weighted by atomic mass is 10.0. The van der Waals surface area contributed by atoms with Crippen LogP contribution in [0.1, 0.15) is 0 Å². The molecule has 1 aromatic heterocycles. The molecule has 1 N–H and O–H groups in total. The van der Waals surface area contributed by atoms with Crippen molar-refractivity contribution in [1.29, 1.82) is 0 Å². The smallest absolute Gasteiger partial charge is 0.197 e. The number of ether oxygens (including phenoxy) is 3. The molecule has 0 aliphatic heterocycles. The van der Waals surface area contributed by atoms with E-state index in [4.69, 9.17) is 14.2 Å². The van der Waals surface area contributed by atoms with Crippen LogP contribution in [0.5, 0.6) is 17.2 Å². The van der Waals surface area contributed by atoms with Crippen LogP contribution in [0, 0.1) is 0 Å². The van der Waals surface area contributed by atoms with Crippen molar-refractivity contribution in [3.63, 3.8) is 0 Å². The fraction of sp³-hybridized carbons (Fsp3) is 0.167. The summed E-state index contributed by atoms with van der Waals surface area (Å²) in [5.41, 5.74) is 2.05. The van der Waals surface area contributed by atoms with Crippen LogP contribution < -0.4 is 19.6 Å². The van der Waals surface area contributed by atoms with Gasteiger partial charge in [0.2, 0.25) is 0 Å². The van der Waals surface area contributed by atoms with Crippen LogP contribution in [0.25, 0.3) is 22.0 Å². The van der Waals surface area contributed by atoms with E-state index in [1.165, 1.54) is 0 Å². The van der Waals surface area contributed by atoms with E-state index in [1.54, 1.807) is 39.7 Å². The van der Waals surface area contributed by atoms with Crippen molar-refractivity contribution in [3.05, 3.63) is 52.8 Å². The summed E-state index contributed by atoms with van der Waals surface area (Å²) in [5.74, 6) is 1.85. The van der Waals surface area contributed by atoms with Gasteiger partial charge in [0.05, 0.1) is 32.2 Å². The SMILES string of the molecule is COc1ccc(-c2c[nH]c3cc(OC)c(OC)cc3c2=O)cc1. The first-order chi connectivity index (χ1) is 11.2. The number of aromatic amines is 1. The number of rotatable bonds is 4.